The third-order valence-corrected chi connectivity index (χ3v) is 5.45. The molecule has 0 aliphatic rings. The molecule has 0 atom stereocenters. The number of nitrogens with one attached hydrogen (secondary N) is 2. The van der Waals surface area contributed by atoms with E-state index in [2.05, 4.69) is 25.3 Å². The Morgan fingerprint density at radius 3 is 2.75 bits per heavy atom. The summed E-state index contributed by atoms with van der Waals surface area (Å²) < 4.78 is 1.67. The van der Waals surface area contributed by atoms with Gasteiger partial charge >= 0.3 is 0 Å². The number of hydrogen-bond donors (Lipinski definition) is 3. The second-order valence-corrected chi connectivity index (χ2v) is 7.51. The molecule has 0 aliphatic carbocycles. The van der Waals surface area contributed by atoms with Gasteiger partial charge in [-0.1, -0.05) is 18.2 Å². The highest BCUT2D eigenvalue weighted by molar-refractivity contribution is 5.96. The number of hydrogen-bond acceptors (Lipinski definition) is 6. The summed E-state index contributed by atoms with van der Waals surface area (Å²) in [5, 5.41) is 21.5. The first-order chi connectivity index (χ1) is 15.7. The van der Waals surface area contributed by atoms with Crippen molar-refractivity contribution in [2.75, 3.05) is 0 Å². The first-order valence-corrected chi connectivity index (χ1v) is 10.1. The Morgan fingerprint density at radius 1 is 0.969 bits per heavy atom. The second kappa shape index (κ2) is 7.10. The van der Waals surface area contributed by atoms with Crippen LogP contribution in [0.4, 0.5) is 0 Å². The molecule has 0 saturated heterocycles. The molecule has 0 amide bonds. The van der Waals surface area contributed by atoms with E-state index >= 15 is 0 Å². The highest BCUT2D eigenvalue weighted by Gasteiger charge is 2.18. The predicted octanol–water partition coefficient (Wildman–Crippen LogP) is 3.46. The molecular weight excluding hydrogens is 404 g/mol. The molecule has 1 aromatic carbocycles. The van der Waals surface area contributed by atoms with E-state index in [-0.39, 0.29) is 6.61 Å². The molecule has 6 aromatic rings. The van der Waals surface area contributed by atoms with E-state index in [4.69, 9.17) is 9.97 Å². The molecule has 0 bridgehead atoms. The van der Waals surface area contributed by atoms with E-state index < -0.39 is 0 Å². The van der Waals surface area contributed by atoms with Crippen LogP contribution in [0.2, 0.25) is 0 Å². The van der Waals surface area contributed by atoms with E-state index in [0.29, 0.717) is 28.4 Å². The molecule has 9 heteroatoms. The predicted molar refractivity (Wildman–Crippen MR) is 120 cm³/mol. The van der Waals surface area contributed by atoms with Gasteiger partial charge in [-0.3, -0.25) is 14.8 Å². The fourth-order valence-corrected chi connectivity index (χ4v) is 3.98. The number of aliphatic hydroxyl groups is 1. The Labute approximate surface area is 181 Å². The molecule has 0 aliphatic heterocycles. The minimum absolute atomic E-state index is 0.158. The number of nitrogens with zero attached hydrogens (tertiary/aromatic N) is 6. The number of aromatic amines is 2. The van der Waals surface area contributed by atoms with Gasteiger partial charge in [0.2, 0.25) is 0 Å². The molecule has 5 aromatic heterocycles. The third kappa shape index (κ3) is 2.87. The number of rotatable bonds is 4. The quantitative estimate of drug-likeness (QED) is 0.400. The van der Waals surface area contributed by atoms with Gasteiger partial charge in [-0.25, -0.2) is 9.97 Å². The fourth-order valence-electron chi connectivity index (χ4n) is 3.98. The number of aromatic nitrogens is 8. The zero-order valence-electron chi connectivity index (χ0n) is 17.1. The molecule has 0 saturated carbocycles. The molecule has 6 rings (SSSR count). The van der Waals surface area contributed by atoms with Gasteiger partial charge in [0.15, 0.2) is 11.5 Å². The van der Waals surface area contributed by atoms with Crippen molar-refractivity contribution in [1.29, 1.82) is 0 Å². The topological polar surface area (TPSA) is 121 Å². The first-order valence-electron chi connectivity index (χ1n) is 10.1. The highest BCUT2D eigenvalue weighted by atomic mass is 16.3. The molecule has 0 spiro atoms. The maximum absolute atomic E-state index is 9.66. The average molecular weight is 422 g/mol. The first kappa shape index (κ1) is 18.4. The van der Waals surface area contributed by atoms with Crippen LogP contribution in [0.25, 0.3) is 56.0 Å². The molecule has 5 heterocycles. The summed E-state index contributed by atoms with van der Waals surface area (Å²) >= 11 is 0. The van der Waals surface area contributed by atoms with Crippen LogP contribution >= 0.6 is 0 Å². The second-order valence-electron chi connectivity index (χ2n) is 7.51. The zero-order valence-corrected chi connectivity index (χ0v) is 17.1. The molecule has 0 radical (unpaired) electrons. The van der Waals surface area contributed by atoms with Crippen LogP contribution in [0.15, 0.2) is 61.1 Å². The van der Waals surface area contributed by atoms with E-state index in [0.717, 1.165) is 33.2 Å². The van der Waals surface area contributed by atoms with Crippen molar-refractivity contribution in [3.8, 4) is 33.9 Å². The van der Waals surface area contributed by atoms with Crippen molar-refractivity contribution >= 4 is 22.1 Å². The number of fused-ring (bicyclic) bond motifs is 2. The average Bonchev–Trinajstić information content (AvgIpc) is 3.54. The Balaban J connectivity index is 1.51. The van der Waals surface area contributed by atoms with Gasteiger partial charge in [-0.15, -0.1) is 0 Å². The van der Waals surface area contributed by atoms with Crippen molar-refractivity contribution in [2.45, 2.75) is 6.61 Å². The van der Waals surface area contributed by atoms with E-state index in [1.807, 2.05) is 61.9 Å². The van der Waals surface area contributed by atoms with Gasteiger partial charge in [0.1, 0.15) is 5.52 Å². The van der Waals surface area contributed by atoms with Gasteiger partial charge in [0, 0.05) is 42.3 Å². The molecule has 0 unspecified atom stereocenters. The summed E-state index contributed by atoms with van der Waals surface area (Å²) in [6, 6.07) is 13.7. The van der Waals surface area contributed by atoms with Crippen LogP contribution in [0, 0.1) is 0 Å². The number of aryl methyl sites for hydroxylation is 1. The number of imidazole rings is 1. The van der Waals surface area contributed by atoms with Crippen LogP contribution < -0.4 is 0 Å². The van der Waals surface area contributed by atoms with Gasteiger partial charge in [-0.05, 0) is 24.3 Å². The maximum atomic E-state index is 9.66. The van der Waals surface area contributed by atoms with Crippen molar-refractivity contribution in [2.24, 2.45) is 7.05 Å². The number of benzene rings is 1. The molecule has 9 nitrogen and oxygen atoms in total. The van der Waals surface area contributed by atoms with Gasteiger partial charge in [0.05, 0.1) is 34.5 Å². The van der Waals surface area contributed by atoms with Crippen LogP contribution in [-0.4, -0.2) is 45.0 Å². The van der Waals surface area contributed by atoms with Crippen LogP contribution in [-0.2, 0) is 13.7 Å². The van der Waals surface area contributed by atoms with Crippen LogP contribution in [0.3, 0.4) is 0 Å². The lowest BCUT2D eigenvalue weighted by Gasteiger charge is -2.01. The van der Waals surface area contributed by atoms with E-state index in [1.54, 1.807) is 10.9 Å². The van der Waals surface area contributed by atoms with Gasteiger partial charge in [-0.2, -0.15) is 10.2 Å². The minimum Gasteiger partial charge on any atom is -0.390 e. The third-order valence-electron chi connectivity index (χ3n) is 5.45. The lowest BCUT2D eigenvalue weighted by molar-refractivity contribution is 0.276. The number of pyridine rings is 2. The minimum atomic E-state index is -0.158. The largest absolute Gasteiger partial charge is 0.390 e. The summed E-state index contributed by atoms with van der Waals surface area (Å²) in [5.41, 5.74) is 7.94. The zero-order chi connectivity index (χ0) is 21.7. The number of aliphatic hydroxyl groups excluding tert-OH is 1. The molecule has 156 valence electrons. The SMILES string of the molecule is Cn1cc(-c2ccc3[nH]nc(-c4nc5c(-c6cccnc6)cccc5[nH]4)c3n2)c(CO)n1. The summed E-state index contributed by atoms with van der Waals surface area (Å²) in [4.78, 5) is 17.3. The number of H-pyrrole nitrogens is 2. The summed E-state index contributed by atoms with van der Waals surface area (Å²) in [7, 11) is 1.82. The Bertz CT molecular complexity index is 1580. The fraction of sp³-hybridized carbons (Fsp3) is 0.0870. The summed E-state index contributed by atoms with van der Waals surface area (Å²) in [5.74, 6) is 0.626. The number of para-hydroxylation sites is 1. The molecule has 3 N–H and O–H groups in total. The highest BCUT2D eigenvalue weighted by Crippen LogP contribution is 2.32. The monoisotopic (exact) mass is 422 g/mol. The van der Waals surface area contributed by atoms with Crippen molar-refractivity contribution in [3.05, 3.63) is 66.7 Å². The smallest absolute Gasteiger partial charge is 0.161 e. The van der Waals surface area contributed by atoms with Gasteiger partial charge in [0.25, 0.3) is 0 Å². The van der Waals surface area contributed by atoms with Crippen LogP contribution in [0.5, 0.6) is 0 Å². The summed E-state index contributed by atoms with van der Waals surface area (Å²) in [6.07, 6.45) is 5.43. The standard InChI is InChI=1S/C23H18N8O/c1-31-11-15(19(12-32)30-31)16-7-8-18-21(25-16)22(29-28-18)23-26-17-6-2-5-14(20(17)27-23)13-4-3-9-24-10-13/h2-11,32H,12H2,1H3,(H,26,27)(H,28,29). The van der Waals surface area contributed by atoms with Crippen molar-refractivity contribution in [3.63, 3.8) is 0 Å². The normalized spacial score (nSPS) is 11.6. The van der Waals surface area contributed by atoms with Crippen molar-refractivity contribution in [1.82, 2.24) is 39.9 Å². The van der Waals surface area contributed by atoms with Crippen molar-refractivity contribution < 1.29 is 5.11 Å². The maximum Gasteiger partial charge on any atom is 0.161 e. The van der Waals surface area contributed by atoms with E-state index in [1.165, 1.54) is 0 Å². The molecule has 32 heavy (non-hydrogen) atoms. The lowest BCUT2D eigenvalue weighted by Crippen LogP contribution is -1.92. The van der Waals surface area contributed by atoms with Crippen LogP contribution in [0.1, 0.15) is 5.69 Å². The summed E-state index contributed by atoms with van der Waals surface area (Å²) in [6.45, 7) is -0.158. The van der Waals surface area contributed by atoms with Gasteiger partial charge < -0.3 is 10.1 Å². The Hall–Kier alpha value is -4.37. The van der Waals surface area contributed by atoms with E-state index in [9.17, 15) is 5.11 Å². The molecular formula is C23H18N8O. The Morgan fingerprint density at radius 2 is 1.91 bits per heavy atom. The lowest BCUT2D eigenvalue weighted by atomic mass is 10.1. The molecule has 0 fully saturated rings. The Kier molecular flexibility index (Phi) is 4.08.